The molecule has 0 saturated carbocycles. The van der Waals surface area contributed by atoms with Crippen molar-refractivity contribution in [2.45, 2.75) is 38.7 Å². The second-order valence-corrected chi connectivity index (χ2v) is 5.40. The molecular weight excluding hydrogens is 264 g/mol. The average molecular weight is 281 g/mol. The lowest BCUT2D eigenvalue weighted by molar-refractivity contribution is 0.208. The van der Waals surface area contributed by atoms with Crippen molar-refractivity contribution in [1.82, 2.24) is 0 Å². The van der Waals surface area contributed by atoms with Crippen molar-refractivity contribution in [3.63, 3.8) is 0 Å². The van der Waals surface area contributed by atoms with E-state index in [-0.39, 0.29) is 0 Å². The van der Waals surface area contributed by atoms with Crippen molar-refractivity contribution in [2.24, 2.45) is 0 Å². The van der Waals surface area contributed by atoms with Crippen LogP contribution in [0.15, 0.2) is 34.3 Å². The molecule has 0 amide bonds. The maximum absolute atomic E-state index is 10.3. The van der Waals surface area contributed by atoms with E-state index in [2.05, 4.69) is 41.1 Å². The minimum atomic E-state index is -0.420. The van der Waals surface area contributed by atoms with E-state index in [1.807, 2.05) is 6.07 Å². The monoisotopic (exact) mass is 280 g/mol. The maximum Gasteiger partial charge on any atom is 0.100 e. The van der Waals surface area contributed by atoms with Crippen LogP contribution in [0.2, 0.25) is 0 Å². The van der Waals surface area contributed by atoms with Crippen LogP contribution >= 0.6 is 15.9 Å². The van der Waals surface area contributed by atoms with Crippen LogP contribution in [0.3, 0.4) is 0 Å². The number of aryl methyl sites for hydroxylation is 1. The molecule has 1 unspecified atom stereocenters. The number of benzene rings is 1. The fourth-order valence-electron chi connectivity index (χ4n) is 2.25. The van der Waals surface area contributed by atoms with Crippen molar-refractivity contribution in [2.75, 3.05) is 0 Å². The van der Waals surface area contributed by atoms with E-state index in [0.717, 1.165) is 22.9 Å². The Morgan fingerprint density at radius 2 is 2.06 bits per heavy atom. The highest BCUT2D eigenvalue weighted by Crippen LogP contribution is 2.31. The molecule has 86 valence electrons. The van der Waals surface area contributed by atoms with Gasteiger partial charge in [0.25, 0.3) is 0 Å². The summed E-state index contributed by atoms with van der Waals surface area (Å²) in [6.45, 7) is 2.05. The molecule has 1 N–H and O–H groups in total. The second-order valence-electron chi connectivity index (χ2n) is 4.49. The molecule has 0 fully saturated rings. The first-order valence-electron chi connectivity index (χ1n) is 5.81. The summed E-state index contributed by atoms with van der Waals surface area (Å²) in [6.07, 6.45) is 6.39. The summed E-state index contributed by atoms with van der Waals surface area (Å²) in [5.74, 6) is 0. The molecule has 16 heavy (non-hydrogen) atoms. The van der Waals surface area contributed by atoms with Gasteiger partial charge < -0.3 is 5.11 Å². The smallest absolute Gasteiger partial charge is 0.100 e. The van der Waals surface area contributed by atoms with Gasteiger partial charge in [-0.05, 0) is 61.4 Å². The molecule has 0 bridgehead atoms. The Morgan fingerprint density at radius 1 is 1.25 bits per heavy atom. The third-order valence-corrected chi connectivity index (χ3v) is 3.52. The van der Waals surface area contributed by atoms with Gasteiger partial charge in [-0.3, -0.25) is 0 Å². The Hall–Kier alpha value is -0.600. The summed E-state index contributed by atoms with van der Waals surface area (Å²) in [4.78, 5) is 0. The number of rotatable bonds is 2. The standard InChI is InChI=1S/C14H17BrO/c1-10-7-12(9-13(15)8-10)14(16)11-5-3-2-4-6-11/h5,7-9,14,16H,2-4,6H2,1H3. The fraction of sp³-hybridized carbons (Fsp3) is 0.429. The number of aliphatic hydroxyl groups is 1. The van der Waals surface area contributed by atoms with Crippen molar-refractivity contribution >= 4 is 15.9 Å². The van der Waals surface area contributed by atoms with E-state index in [1.54, 1.807) is 0 Å². The predicted octanol–water partition coefficient (Wildman–Crippen LogP) is 4.29. The molecule has 0 aromatic heterocycles. The lowest BCUT2D eigenvalue weighted by Gasteiger charge is -2.19. The number of aliphatic hydroxyl groups excluding tert-OH is 1. The molecule has 1 aromatic rings. The van der Waals surface area contributed by atoms with Gasteiger partial charge in [0.2, 0.25) is 0 Å². The van der Waals surface area contributed by atoms with Crippen LogP contribution in [0.1, 0.15) is 42.9 Å². The Bertz CT molecular complexity index is 389. The van der Waals surface area contributed by atoms with Crippen LogP contribution in [-0.2, 0) is 0 Å². The number of hydrogen-bond acceptors (Lipinski definition) is 1. The van der Waals surface area contributed by atoms with Crippen LogP contribution < -0.4 is 0 Å². The average Bonchev–Trinajstić information content (AvgIpc) is 2.28. The van der Waals surface area contributed by atoms with Crippen LogP contribution in [0.25, 0.3) is 0 Å². The Kier molecular flexibility index (Phi) is 3.82. The Labute approximate surface area is 105 Å². The minimum Gasteiger partial charge on any atom is -0.384 e. The zero-order valence-electron chi connectivity index (χ0n) is 9.54. The molecule has 1 aromatic carbocycles. The zero-order valence-corrected chi connectivity index (χ0v) is 11.1. The summed E-state index contributed by atoms with van der Waals surface area (Å²) in [6, 6.07) is 6.13. The number of hydrogen-bond donors (Lipinski definition) is 1. The Morgan fingerprint density at radius 3 is 2.69 bits per heavy atom. The molecule has 1 atom stereocenters. The van der Waals surface area contributed by atoms with Gasteiger partial charge in [0.1, 0.15) is 6.10 Å². The first kappa shape index (κ1) is 11.9. The summed E-state index contributed by atoms with van der Waals surface area (Å²) in [5.41, 5.74) is 3.36. The van der Waals surface area contributed by atoms with Crippen molar-refractivity contribution in [3.8, 4) is 0 Å². The summed E-state index contributed by atoms with van der Waals surface area (Å²) < 4.78 is 1.04. The van der Waals surface area contributed by atoms with Gasteiger partial charge in [0.05, 0.1) is 0 Å². The van der Waals surface area contributed by atoms with Crippen LogP contribution in [-0.4, -0.2) is 5.11 Å². The third-order valence-electron chi connectivity index (χ3n) is 3.06. The highest BCUT2D eigenvalue weighted by atomic mass is 79.9. The molecule has 2 rings (SSSR count). The molecule has 2 heteroatoms. The predicted molar refractivity (Wildman–Crippen MR) is 70.4 cm³/mol. The van der Waals surface area contributed by atoms with E-state index < -0.39 is 6.10 Å². The second kappa shape index (κ2) is 5.15. The van der Waals surface area contributed by atoms with Crippen molar-refractivity contribution in [1.29, 1.82) is 0 Å². The van der Waals surface area contributed by atoms with Crippen molar-refractivity contribution in [3.05, 3.63) is 45.4 Å². The SMILES string of the molecule is Cc1cc(Br)cc(C(O)C2=CCCCC2)c1. The molecule has 0 aliphatic heterocycles. The fourth-order valence-corrected chi connectivity index (χ4v) is 2.87. The lowest BCUT2D eigenvalue weighted by Crippen LogP contribution is -2.05. The van der Waals surface area contributed by atoms with Gasteiger partial charge >= 0.3 is 0 Å². The summed E-state index contributed by atoms with van der Waals surface area (Å²) in [7, 11) is 0. The van der Waals surface area contributed by atoms with Gasteiger partial charge in [-0.25, -0.2) is 0 Å². The molecule has 1 nitrogen and oxygen atoms in total. The first-order valence-corrected chi connectivity index (χ1v) is 6.60. The van der Waals surface area contributed by atoms with Crippen LogP contribution in [0.5, 0.6) is 0 Å². The third kappa shape index (κ3) is 2.74. The molecule has 0 heterocycles. The topological polar surface area (TPSA) is 20.2 Å². The molecule has 0 radical (unpaired) electrons. The number of allylic oxidation sites excluding steroid dienone is 1. The summed E-state index contributed by atoms with van der Waals surface area (Å²) in [5, 5.41) is 10.3. The molecular formula is C14H17BrO. The largest absolute Gasteiger partial charge is 0.384 e. The van der Waals surface area contributed by atoms with Gasteiger partial charge in [0, 0.05) is 4.47 Å². The van der Waals surface area contributed by atoms with Gasteiger partial charge in [0.15, 0.2) is 0 Å². The normalized spacial score (nSPS) is 18.1. The van der Waals surface area contributed by atoms with Gasteiger partial charge in [-0.2, -0.15) is 0 Å². The number of halogens is 1. The zero-order chi connectivity index (χ0) is 11.5. The Balaban J connectivity index is 2.25. The van der Waals surface area contributed by atoms with Gasteiger partial charge in [-0.1, -0.05) is 28.1 Å². The minimum absolute atomic E-state index is 0.420. The molecule has 0 saturated heterocycles. The first-order chi connectivity index (χ1) is 7.66. The maximum atomic E-state index is 10.3. The van der Waals surface area contributed by atoms with E-state index in [9.17, 15) is 5.11 Å². The molecule has 1 aliphatic carbocycles. The molecule has 0 spiro atoms. The van der Waals surface area contributed by atoms with E-state index in [1.165, 1.54) is 24.0 Å². The van der Waals surface area contributed by atoms with Gasteiger partial charge in [-0.15, -0.1) is 0 Å². The molecule has 1 aliphatic rings. The summed E-state index contributed by atoms with van der Waals surface area (Å²) >= 11 is 3.47. The van der Waals surface area contributed by atoms with Crippen LogP contribution in [0, 0.1) is 6.92 Å². The quantitative estimate of drug-likeness (QED) is 0.802. The van der Waals surface area contributed by atoms with Crippen LogP contribution in [0.4, 0.5) is 0 Å². The van der Waals surface area contributed by atoms with Crippen molar-refractivity contribution < 1.29 is 5.11 Å². The highest BCUT2D eigenvalue weighted by molar-refractivity contribution is 9.10. The highest BCUT2D eigenvalue weighted by Gasteiger charge is 2.15. The van der Waals surface area contributed by atoms with E-state index >= 15 is 0 Å². The van der Waals surface area contributed by atoms with E-state index in [0.29, 0.717) is 0 Å². The van der Waals surface area contributed by atoms with E-state index in [4.69, 9.17) is 0 Å². The lowest BCUT2D eigenvalue weighted by atomic mass is 9.91.